The number of nitrogens with one attached hydrogen (secondary N) is 1. The minimum Gasteiger partial charge on any atom is -0.482 e. The molecule has 1 amide bonds. The van der Waals surface area contributed by atoms with Gasteiger partial charge in [0.1, 0.15) is 5.75 Å². The van der Waals surface area contributed by atoms with Crippen LogP contribution in [-0.4, -0.2) is 16.5 Å². The van der Waals surface area contributed by atoms with E-state index >= 15 is 0 Å². The Morgan fingerprint density at radius 3 is 3.12 bits per heavy atom. The number of benzene rings is 1. The molecule has 0 saturated carbocycles. The molecule has 2 rings (SSSR count). The summed E-state index contributed by atoms with van der Waals surface area (Å²) in [7, 11) is 0. The Labute approximate surface area is 109 Å². The van der Waals surface area contributed by atoms with Crippen molar-refractivity contribution in [2.24, 2.45) is 0 Å². The van der Waals surface area contributed by atoms with E-state index in [-0.39, 0.29) is 12.5 Å². The second-order valence-electron chi connectivity index (χ2n) is 2.90. The molecule has 0 radical (unpaired) electrons. The molecule has 1 N–H and O–H groups in total. The molecule has 84 valence electrons. The van der Waals surface area contributed by atoms with E-state index in [1.54, 1.807) is 40.8 Å². The molecule has 0 atom stereocenters. The molecule has 1 aromatic rings. The molecule has 1 heterocycles. The van der Waals surface area contributed by atoms with E-state index < -0.39 is 3.98 Å². The normalized spacial score (nSPS) is 13.4. The van der Waals surface area contributed by atoms with Crippen molar-refractivity contribution in [1.29, 1.82) is 0 Å². The van der Waals surface area contributed by atoms with Crippen molar-refractivity contribution < 1.29 is 18.5 Å². The summed E-state index contributed by atoms with van der Waals surface area (Å²) in [5, 5.41) is 2.67. The zero-order valence-electron chi connectivity index (χ0n) is 7.86. The first kappa shape index (κ1) is 11.5. The van der Waals surface area contributed by atoms with Gasteiger partial charge in [0.25, 0.3) is 5.91 Å². The molecular weight excluding hydrogens is 345 g/mol. The van der Waals surface area contributed by atoms with Crippen LogP contribution in [0.15, 0.2) is 23.1 Å². The highest BCUT2D eigenvalue weighted by Gasteiger charge is 2.16. The van der Waals surface area contributed by atoms with Crippen LogP contribution in [0.5, 0.6) is 5.75 Å². The van der Waals surface area contributed by atoms with Crippen molar-refractivity contribution in [2.75, 3.05) is 11.9 Å². The van der Waals surface area contributed by atoms with Crippen LogP contribution in [0.2, 0.25) is 0 Å². The molecule has 0 saturated heterocycles. The zero-order valence-corrected chi connectivity index (χ0v) is 10.8. The van der Waals surface area contributed by atoms with E-state index in [9.17, 15) is 9.59 Å². The number of amides is 1. The maximum absolute atomic E-state index is 11.0. The first-order valence-corrected chi connectivity index (χ1v) is 6.08. The van der Waals surface area contributed by atoms with Crippen molar-refractivity contribution in [1.82, 2.24) is 0 Å². The summed E-state index contributed by atoms with van der Waals surface area (Å²) in [6.45, 7) is 0.00714. The average molecular weight is 351 g/mol. The Bertz CT molecular complexity index is 451. The van der Waals surface area contributed by atoms with Crippen LogP contribution in [0.1, 0.15) is 0 Å². The highest BCUT2D eigenvalue weighted by Crippen LogP contribution is 2.32. The summed E-state index contributed by atoms with van der Waals surface area (Å²) in [6.07, 6.45) is 0. The van der Waals surface area contributed by atoms with Gasteiger partial charge in [-0.15, -0.1) is 0 Å². The fraction of sp³-hybridized carbons (Fsp3) is 0.111. The molecule has 0 fully saturated rings. The Hall–Kier alpha value is -0.960. The van der Waals surface area contributed by atoms with Gasteiger partial charge in [-0.3, -0.25) is 4.79 Å². The van der Waals surface area contributed by atoms with Gasteiger partial charge in [-0.25, -0.2) is 4.79 Å². The number of rotatable bonds is 2. The Morgan fingerprint density at radius 2 is 2.38 bits per heavy atom. The Balaban J connectivity index is 2.13. The van der Waals surface area contributed by atoms with E-state index in [1.165, 1.54) is 0 Å². The summed E-state index contributed by atoms with van der Waals surface area (Å²) in [5.41, 5.74) is 0.626. The first-order chi connectivity index (χ1) is 7.65. The van der Waals surface area contributed by atoms with Crippen molar-refractivity contribution >= 4 is 50.2 Å². The minimum absolute atomic E-state index is 0.00714. The van der Waals surface area contributed by atoms with Crippen LogP contribution < -0.4 is 10.1 Å². The summed E-state index contributed by atoms with van der Waals surface area (Å²) in [4.78, 5) is 22.4. The molecule has 7 heteroatoms. The number of anilines is 1. The lowest BCUT2D eigenvalue weighted by molar-refractivity contribution is -0.118. The van der Waals surface area contributed by atoms with Gasteiger partial charge in [0.2, 0.25) is 0 Å². The number of ether oxygens (including phenoxy) is 1. The van der Waals surface area contributed by atoms with Gasteiger partial charge in [0.05, 0.1) is 45.2 Å². The van der Waals surface area contributed by atoms with Gasteiger partial charge in [-0.1, -0.05) is 0 Å². The third-order valence-electron chi connectivity index (χ3n) is 1.79. The lowest BCUT2D eigenvalue weighted by atomic mass is 10.2. The molecule has 16 heavy (non-hydrogen) atoms. The van der Waals surface area contributed by atoms with E-state index in [4.69, 9.17) is 8.92 Å². The molecule has 1 aliphatic heterocycles. The standard InChI is InChI=1S/C9H6INO4S/c10-9(13)15-16-5-1-2-6-7(3-5)14-4-8(12)11-6/h1-3H,4H2,(H,11,12). The second-order valence-corrected chi connectivity index (χ2v) is 4.58. The number of halogens is 1. The molecular formula is C9H6INO4S. The van der Waals surface area contributed by atoms with Crippen LogP contribution in [0.4, 0.5) is 10.5 Å². The molecule has 5 nitrogen and oxygen atoms in total. The maximum atomic E-state index is 11.0. The fourth-order valence-electron chi connectivity index (χ4n) is 1.19. The van der Waals surface area contributed by atoms with Gasteiger partial charge >= 0.3 is 3.98 Å². The summed E-state index contributed by atoms with van der Waals surface area (Å²) >= 11 is 2.50. The number of hydrogen-bond acceptors (Lipinski definition) is 5. The zero-order chi connectivity index (χ0) is 11.5. The summed E-state index contributed by atoms with van der Waals surface area (Å²) in [5.74, 6) is 0.403. The topological polar surface area (TPSA) is 64.6 Å². The van der Waals surface area contributed by atoms with Crippen molar-refractivity contribution in [3.05, 3.63) is 18.2 Å². The predicted octanol–water partition coefficient (Wildman–Crippen LogP) is 2.60. The number of carbonyl (C=O) groups excluding carboxylic acids is 2. The lowest BCUT2D eigenvalue weighted by Crippen LogP contribution is -2.25. The third kappa shape index (κ3) is 2.79. The van der Waals surface area contributed by atoms with Crippen LogP contribution in [0.3, 0.4) is 0 Å². The van der Waals surface area contributed by atoms with Gasteiger partial charge < -0.3 is 14.2 Å². The summed E-state index contributed by atoms with van der Waals surface area (Å²) in [6, 6.07) is 5.15. The highest BCUT2D eigenvalue weighted by molar-refractivity contribution is 14.1. The second kappa shape index (κ2) is 4.91. The van der Waals surface area contributed by atoms with E-state index in [2.05, 4.69) is 5.32 Å². The lowest BCUT2D eigenvalue weighted by Gasteiger charge is -2.17. The van der Waals surface area contributed by atoms with E-state index in [0.717, 1.165) is 16.9 Å². The van der Waals surface area contributed by atoms with Gasteiger partial charge in [0, 0.05) is 0 Å². The van der Waals surface area contributed by atoms with Crippen LogP contribution in [0.25, 0.3) is 0 Å². The SMILES string of the molecule is O=C1COc2cc(SOC(=O)I)ccc2N1. The Morgan fingerprint density at radius 1 is 1.56 bits per heavy atom. The quantitative estimate of drug-likeness (QED) is 0.504. The third-order valence-corrected chi connectivity index (χ3v) is 2.99. The molecule has 0 aliphatic carbocycles. The van der Waals surface area contributed by atoms with Gasteiger partial charge in [-0.2, -0.15) is 0 Å². The predicted molar refractivity (Wildman–Crippen MR) is 66.9 cm³/mol. The van der Waals surface area contributed by atoms with Crippen LogP contribution in [-0.2, 0) is 8.98 Å². The fourth-order valence-corrected chi connectivity index (χ4v) is 1.90. The molecule has 0 unspecified atom stereocenters. The van der Waals surface area contributed by atoms with Crippen molar-refractivity contribution in [3.8, 4) is 5.75 Å². The van der Waals surface area contributed by atoms with Crippen molar-refractivity contribution in [3.63, 3.8) is 0 Å². The molecule has 0 bridgehead atoms. The smallest absolute Gasteiger partial charge is 0.379 e. The highest BCUT2D eigenvalue weighted by atomic mass is 127. The average Bonchev–Trinajstić information content (AvgIpc) is 2.26. The largest absolute Gasteiger partial charge is 0.482 e. The molecule has 0 aromatic heterocycles. The van der Waals surface area contributed by atoms with Crippen LogP contribution in [0, 0.1) is 0 Å². The van der Waals surface area contributed by atoms with Crippen LogP contribution >= 0.6 is 34.6 Å². The number of carbonyl (C=O) groups is 2. The molecule has 1 aliphatic rings. The monoisotopic (exact) mass is 351 g/mol. The maximum Gasteiger partial charge on any atom is 0.379 e. The Kier molecular flexibility index (Phi) is 3.54. The van der Waals surface area contributed by atoms with E-state index in [0.29, 0.717) is 11.4 Å². The van der Waals surface area contributed by atoms with Crippen molar-refractivity contribution in [2.45, 2.75) is 4.90 Å². The summed E-state index contributed by atoms with van der Waals surface area (Å²) < 4.78 is 9.58. The van der Waals surface area contributed by atoms with Gasteiger partial charge in [-0.05, 0) is 18.2 Å². The minimum atomic E-state index is -0.394. The van der Waals surface area contributed by atoms with Gasteiger partial charge in [0.15, 0.2) is 6.61 Å². The number of hydrogen-bond donors (Lipinski definition) is 1. The van der Waals surface area contributed by atoms with E-state index in [1.807, 2.05) is 0 Å². The molecule has 1 aromatic carbocycles. The number of fused-ring (bicyclic) bond motifs is 1. The molecule has 0 spiro atoms. The first-order valence-electron chi connectivity index (χ1n) is 4.26.